The summed E-state index contributed by atoms with van der Waals surface area (Å²) in [5.74, 6) is -4.22. The number of sulfonamides is 1. The first kappa shape index (κ1) is 15.4. The van der Waals surface area contributed by atoms with Gasteiger partial charge in [0.05, 0.1) is 12.1 Å². The number of carbonyl (C=O) groups excluding carboxylic acids is 1. The van der Waals surface area contributed by atoms with Gasteiger partial charge < -0.3 is 5.32 Å². The van der Waals surface area contributed by atoms with Crippen molar-refractivity contribution in [1.29, 1.82) is 0 Å². The first-order valence-electron chi connectivity index (χ1n) is 4.71. The normalized spacial score (nSPS) is 11.7. The third-order valence-corrected chi connectivity index (χ3v) is 2.88. The summed E-state index contributed by atoms with van der Waals surface area (Å²) >= 11 is 0. The fraction of sp³-hybridized carbons (Fsp3) is 0.222. The van der Waals surface area contributed by atoms with E-state index in [1.807, 2.05) is 0 Å². The topological polar surface area (TPSA) is 89.3 Å². The summed E-state index contributed by atoms with van der Waals surface area (Å²) in [6.45, 7) is -1.08. The zero-order valence-electron chi connectivity index (χ0n) is 9.16. The molecular formula is C9H8F4N2O3S. The minimum atomic E-state index is -4.59. The van der Waals surface area contributed by atoms with E-state index in [4.69, 9.17) is 0 Å². The fourth-order valence-electron chi connectivity index (χ4n) is 1.20. The maximum atomic E-state index is 13.6. The van der Waals surface area contributed by atoms with Crippen molar-refractivity contribution >= 4 is 15.9 Å². The quantitative estimate of drug-likeness (QED) is 0.798. The number of hydrogen-bond donors (Lipinski definition) is 2. The monoisotopic (exact) mass is 300 g/mol. The Hall–Kier alpha value is -1.68. The van der Waals surface area contributed by atoms with Crippen LogP contribution in [0.4, 0.5) is 17.6 Å². The second-order valence-electron chi connectivity index (χ2n) is 3.41. The Bertz CT molecular complexity index is 604. The molecule has 0 aliphatic rings. The van der Waals surface area contributed by atoms with Gasteiger partial charge >= 0.3 is 0 Å². The van der Waals surface area contributed by atoms with Crippen LogP contribution in [0.25, 0.3) is 0 Å². The van der Waals surface area contributed by atoms with E-state index in [1.165, 1.54) is 0 Å². The van der Waals surface area contributed by atoms with Crippen LogP contribution < -0.4 is 10.5 Å². The van der Waals surface area contributed by atoms with E-state index >= 15 is 0 Å². The third-order valence-electron chi connectivity index (χ3n) is 1.97. The van der Waals surface area contributed by atoms with Gasteiger partial charge in [-0.3, -0.25) is 4.79 Å². The van der Waals surface area contributed by atoms with Gasteiger partial charge in [-0.2, -0.15) is 0 Å². The molecule has 0 fully saturated rings. The molecule has 0 atom stereocenters. The van der Waals surface area contributed by atoms with Gasteiger partial charge in [0, 0.05) is 0 Å². The first-order valence-corrected chi connectivity index (χ1v) is 6.25. The van der Waals surface area contributed by atoms with Crippen molar-refractivity contribution in [2.24, 2.45) is 5.14 Å². The highest BCUT2D eigenvalue weighted by molar-refractivity contribution is 7.89. The molecule has 5 nitrogen and oxygen atoms in total. The Labute approximate surface area is 105 Å². The molecule has 0 spiro atoms. The van der Waals surface area contributed by atoms with Crippen LogP contribution in [0.1, 0.15) is 10.4 Å². The number of primary sulfonamides is 1. The highest BCUT2D eigenvalue weighted by atomic mass is 32.2. The van der Waals surface area contributed by atoms with Crippen LogP contribution >= 0.6 is 0 Å². The van der Waals surface area contributed by atoms with Gasteiger partial charge in [-0.15, -0.1) is 0 Å². The lowest BCUT2D eigenvalue weighted by Gasteiger charge is -2.08. The van der Waals surface area contributed by atoms with Gasteiger partial charge in [-0.25, -0.2) is 31.1 Å². The summed E-state index contributed by atoms with van der Waals surface area (Å²) in [7, 11) is -4.59. The first-order chi connectivity index (χ1) is 8.62. The largest absolute Gasteiger partial charge is 0.346 e. The molecule has 0 bridgehead atoms. The van der Waals surface area contributed by atoms with Crippen molar-refractivity contribution in [3.8, 4) is 0 Å². The minimum Gasteiger partial charge on any atom is -0.346 e. The van der Waals surface area contributed by atoms with E-state index in [-0.39, 0.29) is 6.07 Å². The van der Waals surface area contributed by atoms with E-state index in [0.29, 0.717) is 6.07 Å². The van der Waals surface area contributed by atoms with Crippen molar-refractivity contribution in [3.05, 3.63) is 29.3 Å². The molecular weight excluding hydrogens is 292 g/mol. The molecule has 1 amide bonds. The van der Waals surface area contributed by atoms with Gasteiger partial charge in [0.2, 0.25) is 10.0 Å². The van der Waals surface area contributed by atoms with Crippen LogP contribution in [0.3, 0.4) is 0 Å². The highest BCUT2D eigenvalue weighted by Gasteiger charge is 2.23. The van der Waals surface area contributed by atoms with Gasteiger partial charge in [-0.1, -0.05) is 0 Å². The number of nitrogens with two attached hydrogens (primary N) is 1. The van der Waals surface area contributed by atoms with Crippen molar-refractivity contribution in [1.82, 2.24) is 5.32 Å². The summed E-state index contributed by atoms with van der Waals surface area (Å²) in [5, 5.41) is 6.25. The van der Waals surface area contributed by atoms with Crippen LogP contribution in [0, 0.1) is 11.6 Å². The summed E-state index contributed by atoms with van der Waals surface area (Å²) in [6, 6.07) is 0.666. The summed E-state index contributed by atoms with van der Waals surface area (Å²) in [4.78, 5) is 10.1. The molecule has 1 aromatic rings. The Kier molecular flexibility index (Phi) is 4.48. The number of nitrogens with one attached hydrogen (secondary N) is 1. The fourth-order valence-corrected chi connectivity index (χ4v) is 1.84. The van der Waals surface area contributed by atoms with E-state index in [2.05, 4.69) is 5.14 Å². The molecule has 1 aromatic carbocycles. The maximum Gasteiger partial charge on any atom is 0.255 e. The maximum absolute atomic E-state index is 13.6. The number of halogens is 4. The molecule has 19 heavy (non-hydrogen) atoms. The summed E-state index contributed by atoms with van der Waals surface area (Å²) in [5.41, 5.74) is -1.02. The molecule has 0 aliphatic heterocycles. The van der Waals surface area contributed by atoms with Crippen molar-refractivity contribution in [3.63, 3.8) is 0 Å². The highest BCUT2D eigenvalue weighted by Crippen LogP contribution is 2.19. The van der Waals surface area contributed by atoms with E-state index in [9.17, 15) is 30.8 Å². The standard InChI is InChI=1S/C9H8F4N2O3S/c10-4-1-5(9(16)15-3-7(11)12)8(13)6(2-4)19(14,17)18/h1-2,7H,3H2,(H,15,16)(H2,14,17,18). The number of benzene rings is 1. The Morgan fingerprint density at radius 2 is 1.89 bits per heavy atom. The van der Waals surface area contributed by atoms with Gasteiger partial charge in [0.15, 0.2) is 5.82 Å². The molecule has 0 saturated carbocycles. The molecule has 3 N–H and O–H groups in total. The van der Waals surface area contributed by atoms with Crippen LogP contribution in [-0.2, 0) is 10.0 Å². The molecule has 106 valence electrons. The summed E-state index contributed by atoms with van der Waals surface area (Å²) in [6.07, 6.45) is -2.89. The lowest BCUT2D eigenvalue weighted by Crippen LogP contribution is -2.30. The van der Waals surface area contributed by atoms with E-state index < -0.39 is 51.0 Å². The van der Waals surface area contributed by atoms with Gasteiger partial charge in [0.25, 0.3) is 12.3 Å². The Balaban J connectivity index is 3.22. The third kappa shape index (κ3) is 3.89. The van der Waals surface area contributed by atoms with Gasteiger partial charge in [-0.05, 0) is 12.1 Å². The van der Waals surface area contributed by atoms with E-state index in [1.54, 1.807) is 5.32 Å². The van der Waals surface area contributed by atoms with Crippen molar-refractivity contribution in [2.75, 3.05) is 6.54 Å². The van der Waals surface area contributed by atoms with Crippen LogP contribution in [0.15, 0.2) is 17.0 Å². The molecule has 0 heterocycles. The predicted octanol–water partition coefficient (Wildman–Crippen LogP) is 0.607. The predicted molar refractivity (Wildman–Crippen MR) is 56.1 cm³/mol. The Morgan fingerprint density at radius 1 is 1.32 bits per heavy atom. The second kappa shape index (κ2) is 5.53. The zero-order valence-corrected chi connectivity index (χ0v) is 9.98. The average molecular weight is 300 g/mol. The molecule has 0 saturated heterocycles. The molecule has 0 radical (unpaired) electrons. The second-order valence-corrected chi connectivity index (χ2v) is 4.94. The van der Waals surface area contributed by atoms with Crippen LogP contribution in [-0.4, -0.2) is 27.3 Å². The lowest BCUT2D eigenvalue weighted by atomic mass is 10.2. The van der Waals surface area contributed by atoms with E-state index in [0.717, 1.165) is 0 Å². The van der Waals surface area contributed by atoms with Gasteiger partial charge in [0.1, 0.15) is 10.7 Å². The number of amides is 1. The van der Waals surface area contributed by atoms with Crippen LogP contribution in [0.2, 0.25) is 0 Å². The number of hydrogen-bond acceptors (Lipinski definition) is 3. The zero-order chi connectivity index (χ0) is 14.8. The minimum absolute atomic E-state index is 0.286. The Morgan fingerprint density at radius 3 is 2.37 bits per heavy atom. The molecule has 10 heteroatoms. The summed E-state index contributed by atoms with van der Waals surface area (Å²) < 4.78 is 72.4. The molecule has 0 aromatic heterocycles. The smallest absolute Gasteiger partial charge is 0.255 e. The SMILES string of the molecule is NS(=O)(=O)c1cc(F)cc(C(=O)NCC(F)F)c1F. The molecule has 1 rings (SSSR count). The average Bonchev–Trinajstić information content (AvgIpc) is 2.27. The number of rotatable bonds is 4. The van der Waals surface area contributed by atoms with Crippen LogP contribution in [0.5, 0.6) is 0 Å². The lowest BCUT2D eigenvalue weighted by molar-refractivity contribution is 0.0886. The number of carbonyl (C=O) groups is 1. The number of alkyl halides is 2. The molecule has 0 aliphatic carbocycles. The van der Waals surface area contributed by atoms with Crippen molar-refractivity contribution in [2.45, 2.75) is 11.3 Å². The molecule has 0 unspecified atom stereocenters. The van der Waals surface area contributed by atoms with Crippen molar-refractivity contribution < 1.29 is 30.8 Å².